The Balaban J connectivity index is 1.79. The average Bonchev–Trinajstić information content (AvgIpc) is 3.11. The number of pyridine rings is 1. The lowest BCUT2D eigenvalue weighted by Gasteiger charge is -2.18. The summed E-state index contributed by atoms with van der Waals surface area (Å²) in [6.45, 7) is 4.00. The van der Waals surface area contributed by atoms with E-state index in [0.717, 1.165) is 40.8 Å². The van der Waals surface area contributed by atoms with Crippen LogP contribution in [0.4, 0.5) is 5.69 Å². The van der Waals surface area contributed by atoms with Gasteiger partial charge in [-0.15, -0.1) is 0 Å². The minimum Gasteiger partial charge on any atom is -0.508 e. The van der Waals surface area contributed by atoms with Crippen LogP contribution in [0, 0.1) is 6.92 Å². The monoisotopic (exact) mass is 320 g/mol. The summed E-state index contributed by atoms with van der Waals surface area (Å²) in [4.78, 5) is 7.03. The van der Waals surface area contributed by atoms with Gasteiger partial charge in [-0.05, 0) is 61.7 Å². The third-order valence-electron chi connectivity index (χ3n) is 4.73. The Kier molecular flexibility index (Phi) is 3.53. The van der Waals surface area contributed by atoms with Crippen molar-refractivity contribution in [3.05, 3.63) is 48.0 Å². The first-order valence-corrected chi connectivity index (χ1v) is 8.30. The van der Waals surface area contributed by atoms with Crippen LogP contribution in [0.25, 0.3) is 22.2 Å². The molecule has 2 aromatic carbocycles. The maximum absolute atomic E-state index is 10.5. The molecule has 1 fully saturated rings. The maximum Gasteiger partial charge on any atom is 0.127 e. The van der Waals surface area contributed by atoms with Crippen LogP contribution in [0.5, 0.6) is 11.5 Å². The zero-order valence-corrected chi connectivity index (χ0v) is 13.7. The van der Waals surface area contributed by atoms with Crippen LogP contribution in [-0.2, 0) is 0 Å². The number of phenolic OH excluding ortho intramolecular Hbond substituents is 1. The second-order valence-electron chi connectivity index (χ2n) is 6.42. The van der Waals surface area contributed by atoms with Gasteiger partial charge in [0.05, 0.1) is 11.2 Å². The Morgan fingerprint density at radius 1 is 0.917 bits per heavy atom. The van der Waals surface area contributed by atoms with Gasteiger partial charge in [-0.25, -0.2) is 4.98 Å². The molecule has 1 aliphatic rings. The summed E-state index contributed by atoms with van der Waals surface area (Å²) >= 11 is 0. The van der Waals surface area contributed by atoms with Gasteiger partial charge in [-0.2, -0.15) is 0 Å². The summed E-state index contributed by atoms with van der Waals surface area (Å²) in [5.74, 6) is 0.501. The molecule has 0 amide bonds. The summed E-state index contributed by atoms with van der Waals surface area (Å²) in [5.41, 5.74) is 4.30. The predicted octanol–water partition coefficient (Wildman–Crippen LogP) is 4.22. The van der Waals surface area contributed by atoms with E-state index in [4.69, 9.17) is 0 Å². The number of hydrogen-bond donors (Lipinski definition) is 2. The lowest BCUT2D eigenvalue weighted by molar-refractivity contribution is 0.471. The zero-order valence-electron chi connectivity index (χ0n) is 13.7. The van der Waals surface area contributed by atoms with Crippen LogP contribution in [0.3, 0.4) is 0 Å². The quantitative estimate of drug-likeness (QED) is 0.742. The van der Waals surface area contributed by atoms with Crippen molar-refractivity contribution in [3.8, 4) is 22.8 Å². The molecule has 0 bridgehead atoms. The molecule has 0 atom stereocenters. The highest BCUT2D eigenvalue weighted by molar-refractivity contribution is 5.90. The summed E-state index contributed by atoms with van der Waals surface area (Å²) < 4.78 is 0. The minimum absolute atomic E-state index is 0.238. The third kappa shape index (κ3) is 2.54. The van der Waals surface area contributed by atoms with Crippen molar-refractivity contribution < 1.29 is 10.2 Å². The molecule has 4 rings (SSSR count). The molecule has 4 heteroatoms. The molecule has 3 aromatic rings. The number of hydrogen-bond acceptors (Lipinski definition) is 4. The van der Waals surface area contributed by atoms with E-state index in [0.29, 0.717) is 5.69 Å². The fourth-order valence-corrected chi connectivity index (χ4v) is 3.33. The molecule has 0 spiro atoms. The Morgan fingerprint density at radius 3 is 2.46 bits per heavy atom. The molecule has 0 unspecified atom stereocenters. The van der Waals surface area contributed by atoms with Crippen molar-refractivity contribution in [3.63, 3.8) is 0 Å². The maximum atomic E-state index is 10.5. The summed E-state index contributed by atoms with van der Waals surface area (Å²) in [7, 11) is 0. The molecule has 1 aliphatic heterocycles. The predicted molar refractivity (Wildman–Crippen MR) is 96.7 cm³/mol. The van der Waals surface area contributed by atoms with Gasteiger partial charge in [0.2, 0.25) is 0 Å². The molecule has 24 heavy (non-hydrogen) atoms. The van der Waals surface area contributed by atoms with Crippen molar-refractivity contribution >= 4 is 16.6 Å². The first-order chi connectivity index (χ1) is 11.6. The van der Waals surface area contributed by atoms with Crippen LogP contribution in [0.2, 0.25) is 0 Å². The Bertz CT molecular complexity index is 915. The first-order valence-electron chi connectivity index (χ1n) is 8.30. The van der Waals surface area contributed by atoms with E-state index in [1.165, 1.54) is 12.8 Å². The highest BCUT2D eigenvalue weighted by atomic mass is 16.3. The zero-order chi connectivity index (χ0) is 16.7. The Labute approximate surface area is 141 Å². The highest BCUT2D eigenvalue weighted by Crippen LogP contribution is 2.33. The molecule has 0 saturated carbocycles. The number of rotatable bonds is 2. The molecular weight excluding hydrogens is 300 g/mol. The van der Waals surface area contributed by atoms with Crippen molar-refractivity contribution in [1.29, 1.82) is 0 Å². The number of aromatic nitrogens is 1. The van der Waals surface area contributed by atoms with E-state index < -0.39 is 0 Å². The summed E-state index contributed by atoms with van der Waals surface area (Å²) in [6, 6.07) is 13.1. The smallest absolute Gasteiger partial charge is 0.127 e. The number of aryl methyl sites for hydroxylation is 1. The summed E-state index contributed by atoms with van der Waals surface area (Å²) in [6.07, 6.45) is 2.45. The van der Waals surface area contributed by atoms with E-state index >= 15 is 0 Å². The van der Waals surface area contributed by atoms with Gasteiger partial charge in [-0.3, -0.25) is 0 Å². The van der Waals surface area contributed by atoms with Crippen LogP contribution < -0.4 is 4.90 Å². The SMILES string of the molecule is Cc1cc(-c2cc(O)c3cc(N4CCCC4)ccc3n2)ccc1O. The van der Waals surface area contributed by atoms with Gasteiger partial charge < -0.3 is 15.1 Å². The fraction of sp³-hybridized carbons (Fsp3) is 0.250. The second-order valence-corrected chi connectivity index (χ2v) is 6.42. The van der Waals surface area contributed by atoms with Crippen molar-refractivity contribution in [1.82, 2.24) is 4.98 Å². The van der Waals surface area contributed by atoms with E-state index in [9.17, 15) is 10.2 Å². The van der Waals surface area contributed by atoms with Gasteiger partial charge in [-0.1, -0.05) is 0 Å². The standard InChI is InChI=1S/C20H20N2O2/c1-13-10-14(4-7-19(13)23)18-12-20(24)16-11-15(5-6-17(16)21-18)22-8-2-3-9-22/h4-7,10-12,23H,2-3,8-9H2,1H3,(H,21,24). The number of fused-ring (bicyclic) bond motifs is 1. The molecular formula is C20H20N2O2. The Morgan fingerprint density at radius 2 is 1.71 bits per heavy atom. The third-order valence-corrected chi connectivity index (χ3v) is 4.73. The second kappa shape index (κ2) is 5.71. The number of aromatic hydroxyl groups is 2. The molecule has 1 aromatic heterocycles. The molecule has 0 aliphatic carbocycles. The first kappa shape index (κ1) is 14.8. The molecule has 4 nitrogen and oxygen atoms in total. The van der Waals surface area contributed by atoms with E-state index in [1.807, 2.05) is 31.2 Å². The van der Waals surface area contributed by atoms with Crippen molar-refractivity contribution in [2.75, 3.05) is 18.0 Å². The fourth-order valence-electron chi connectivity index (χ4n) is 3.33. The molecule has 122 valence electrons. The van der Waals surface area contributed by atoms with Gasteiger partial charge in [0, 0.05) is 35.8 Å². The van der Waals surface area contributed by atoms with Crippen LogP contribution in [0.1, 0.15) is 18.4 Å². The van der Waals surface area contributed by atoms with Gasteiger partial charge in [0.25, 0.3) is 0 Å². The lowest BCUT2D eigenvalue weighted by Crippen LogP contribution is -2.17. The lowest BCUT2D eigenvalue weighted by atomic mass is 10.1. The molecule has 0 radical (unpaired) electrons. The molecule has 2 N–H and O–H groups in total. The Hall–Kier alpha value is -2.75. The number of benzene rings is 2. The van der Waals surface area contributed by atoms with Gasteiger partial charge >= 0.3 is 0 Å². The van der Waals surface area contributed by atoms with E-state index in [-0.39, 0.29) is 11.5 Å². The van der Waals surface area contributed by atoms with E-state index in [2.05, 4.69) is 16.0 Å². The largest absolute Gasteiger partial charge is 0.508 e. The number of nitrogens with zero attached hydrogens (tertiary/aromatic N) is 2. The summed E-state index contributed by atoms with van der Waals surface area (Å²) in [5, 5.41) is 21.0. The normalized spacial score (nSPS) is 14.5. The van der Waals surface area contributed by atoms with Crippen LogP contribution >= 0.6 is 0 Å². The van der Waals surface area contributed by atoms with Crippen LogP contribution in [-0.4, -0.2) is 28.3 Å². The minimum atomic E-state index is 0.238. The number of phenols is 1. The van der Waals surface area contributed by atoms with Gasteiger partial charge in [0.1, 0.15) is 11.5 Å². The van der Waals surface area contributed by atoms with Crippen molar-refractivity contribution in [2.24, 2.45) is 0 Å². The molecule has 1 saturated heterocycles. The van der Waals surface area contributed by atoms with E-state index in [1.54, 1.807) is 12.1 Å². The number of anilines is 1. The highest BCUT2D eigenvalue weighted by Gasteiger charge is 2.14. The topological polar surface area (TPSA) is 56.6 Å². The van der Waals surface area contributed by atoms with Crippen LogP contribution in [0.15, 0.2) is 42.5 Å². The van der Waals surface area contributed by atoms with Gasteiger partial charge in [0.15, 0.2) is 0 Å². The molecule has 2 heterocycles. The average molecular weight is 320 g/mol. The van der Waals surface area contributed by atoms with Crippen molar-refractivity contribution in [2.45, 2.75) is 19.8 Å².